The van der Waals surface area contributed by atoms with Crippen LogP contribution in [0.3, 0.4) is 0 Å². The Hall–Kier alpha value is -2.22. The number of aliphatic hydroxyl groups excluding tert-OH is 4. The maximum atomic E-state index is 12.1. The summed E-state index contributed by atoms with van der Waals surface area (Å²) in [6, 6.07) is 0. The van der Waals surface area contributed by atoms with Crippen LogP contribution in [0.5, 0.6) is 0 Å². The van der Waals surface area contributed by atoms with E-state index in [1.807, 2.05) is 10.6 Å². The van der Waals surface area contributed by atoms with Gasteiger partial charge in [0.2, 0.25) is 11.8 Å². The fourth-order valence-corrected chi connectivity index (χ4v) is 5.01. The van der Waals surface area contributed by atoms with Crippen LogP contribution < -0.4 is 31.9 Å². The highest BCUT2D eigenvalue weighted by atomic mass is 33.1. The van der Waals surface area contributed by atoms with Gasteiger partial charge in [0.25, 0.3) is 0 Å². The van der Waals surface area contributed by atoms with Crippen LogP contribution in [-0.4, -0.2) is 161 Å². The van der Waals surface area contributed by atoms with Gasteiger partial charge in [-0.2, -0.15) is 0 Å². The van der Waals surface area contributed by atoms with Crippen molar-refractivity contribution in [3.05, 3.63) is 0 Å². The second-order valence-corrected chi connectivity index (χ2v) is 12.0. The van der Waals surface area contributed by atoms with Crippen LogP contribution in [0.15, 0.2) is 0 Å². The van der Waals surface area contributed by atoms with Gasteiger partial charge in [-0.3, -0.25) is 30.9 Å². The average Bonchev–Trinajstić information content (AvgIpc) is 3.07. The van der Waals surface area contributed by atoms with Gasteiger partial charge in [-0.05, 0) is 12.8 Å². The minimum atomic E-state index is -0.887. The Morgan fingerprint density at radius 2 is 0.979 bits per heavy atom. The van der Waals surface area contributed by atoms with Gasteiger partial charge in [0, 0.05) is 50.7 Å². The van der Waals surface area contributed by atoms with E-state index in [1.165, 1.54) is 0 Å². The van der Waals surface area contributed by atoms with Crippen LogP contribution in [0.2, 0.25) is 0 Å². The molecule has 48 heavy (non-hydrogen) atoms. The van der Waals surface area contributed by atoms with Gasteiger partial charge in [-0.25, -0.2) is 9.59 Å². The van der Waals surface area contributed by atoms with Gasteiger partial charge in [0.15, 0.2) is 0 Å². The highest BCUT2D eigenvalue weighted by Gasteiger charge is 2.16. The summed E-state index contributed by atoms with van der Waals surface area (Å²) in [6.45, 7) is -0.0159. The molecule has 0 aliphatic carbocycles. The first kappa shape index (κ1) is 45.8. The molecule has 22 heteroatoms. The molecule has 0 spiro atoms. The van der Waals surface area contributed by atoms with Gasteiger partial charge in [-0.1, -0.05) is 21.6 Å². The van der Waals surface area contributed by atoms with Crippen molar-refractivity contribution in [2.24, 2.45) is 0 Å². The number of hydrogen-bond acceptors (Lipinski definition) is 18. The molecule has 282 valence electrons. The third kappa shape index (κ3) is 31.1. The first-order chi connectivity index (χ1) is 23.4. The Bertz CT molecular complexity index is 793. The van der Waals surface area contributed by atoms with Crippen LogP contribution in [0.4, 0.5) is 9.59 Å². The second-order valence-electron chi connectivity index (χ2n) is 9.25. The van der Waals surface area contributed by atoms with Crippen molar-refractivity contribution >= 4 is 45.6 Å². The van der Waals surface area contributed by atoms with Gasteiger partial charge >= 0.3 is 12.2 Å². The molecule has 0 bridgehead atoms. The zero-order valence-electron chi connectivity index (χ0n) is 27.0. The molecule has 0 atom stereocenters. The monoisotopic (exact) mass is 736 g/mol. The SMILES string of the molecule is O=C(CCCOC(COCNCO)COCNCO)NCCSSCCNC(=O)CCCOC(COC(=O)NCO)COC(=O)NCO. The smallest absolute Gasteiger partial charge is 0.409 e. The lowest BCUT2D eigenvalue weighted by Gasteiger charge is -2.18. The third-order valence-electron chi connectivity index (χ3n) is 5.39. The number of ether oxygens (including phenoxy) is 6. The van der Waals surface area contributed by atoms with Crippen molar-refractivity contribution < 1.29 is 68.0 Å². The van der Waals surface area contributed by atoms with E-state index in [4.69, 9.17) is 48.8 Å². The molecular formula is C26H52N6O14S2. The van der Waals surface area contributed by atoms with Crippen molar-refractivity contribution in [2.75, 3.05) is 105 Å². The van der Waals surface area contributed by atoms with E-state index < -0.39 is 31.8 Å². The molecule has 0 unspecified atom stereocenters. The van der Waals surface area contributed by atoms with Crippen LogP contribution in [0, 0.1) is 0 Å². The van der Waals surface area contributed by atoms with E-state index in [2.05, 4.69) is 21.3 Å². The Labute approximate surface area is 287 Å². The normalized spacial score (nSPS) is 11.0. The van der Waals surface area contributed by atoms with Crippen molar-refractivity contribution in [1.82, 2.24) is 31.9 Å². The molecule has 0 aliphatic heterocycles. The number of hydrogen-bond donors (Lipinski definition) is 10. The van der Waals surface area contributed by atoms with Gasteiger partial charge in [0.1, 0.15) is 38.9 Å². The van der Waals surface area contributed by atoms with Crippen LogP contribution in [0.1, 0.15) is 25.7 Å². The molecule has 0 rings (SSSR count). The van der Waals surface area contributed by atoms with Crippen molar-refractivity contribution in [2.45, 2.75) is 37.9 Å². The number of amides is 4. The third-order valence-corrected chi connectivity index (χ3v) is 7.80. The lowest BCUT2D eigenvalue weighted by Crippen LogP contribution is -2.35. The maximum absolute atomic E-state index is 12.1. The van der Waals surface area contributed by atoms with E-state index in [9.17, 15) is 19.2 Å². The molecule has 20 nitrogen and oxygen atoms in total. The molecule has 4 amide bonds. The van der Waals surface area contributed by atoms with Gasteiger partial charge in [-0.15, -0.1) is 0 Å². The maximum Gasteiger partial charge on any atom is 0.409 e. The molecule has 0 radical (unpaired) electrons. The van der Waals surface area contributed by atoms with Crippen molar-refractivity contribution in [3.8, 4) is 0 Å². The Morgan fingerprint density at radius 3 is 1.38 bits per heavy atom. The second kappa shape index (κ2) is 34.6. The molecule has 0 aliphatic rings. The fourth-order valence-electron chi connectivity index (χ4n) is 3.20. The first-order valence-electron chi connectivity index (χ1n) is 15.2. The molecule has 0 aromatic heterocycles. The molecule has 0 fully saturated rings. The summed E-state index contributed by atoms with van der Waals surface area (Å²) in [5.41, 5.74) is 0. The Morgan fingerprint density at radius 1 is 0.562 bits per heavy atom. The molecule has 0 saturated heterocycles. The largest absolute Gasteiger partial charge is 0.447 e. The predicted molar refractivity (Wildman–Crippen MR) is 174 cm³/mol. The number of alkyl carbamates (subject to hydrolysis) is 2. The number of carbonyl (C=O) groups is 4. The van der Waals surface area contributed by atoms with Crippen molar-refractivity contribution in [1.29, 1.82) is 0 Å². The van der Waals surface area contributed by atoms with E-state index in [-0.39, 0.29) is 84.3 Å². The molecular weight excluding hydrogens is 684 g/mol. The van der Waals surface area contributed by atoms with E-state index in [0.29, 0.717) is 50.5 Å². The summed E-state index contributed by atoms with van der Waals surface area (Å²) in [6.07, 6.45) is -1.62. The summed E-state index contributed by atoms with van der Waals surface area (Å²) in [7, 11) is 3.14. The number of carbonyl (C=O) groups excluding carboxylic acids is 4. The fraction of sp³-hybridized carbons (Fsp3) is 0.846. The Kier molecular flexibility index (Phi) is 33.0. The molecule has 10 N–H and O–H groups in total. The summed E-state index contributed by atoms with van der Waals surface area (Å²) >= 11 is 0. The number of nitrogens with one attached hydrogen (secondary N) is 6. The van der Waals surface area contributed by atoms with Gasteiger partial charge in [0.05, 0.1) is 40.1 Å². The number of rotatable bonds is 33. The van der Waals surface area contributed by atoms with Crippen LogP contribution in [0.25, 0.3) is 0 Å². The zero-order chi connectivity index (χ0) is 35.5. The average molecular weight is 737 g/mol. The van der Waals surface area contributed by atoms with E-state index in [1.54, 1.807) is 21.6 Å². The number of aliphatic hydroxyl groups is 4. The molecule has 0 aromatic carbocycles. The molecule has 0 saturated carbocycles. The first-order valence-corrected chi connectivity index (χ1v) is 17.7. The lowest BCUT2D eigenvalue weighted by atomic mass is 10.3. The quantitative estimate of drug-likeness (QED) is 0.0187. The van der Waals surface area contributed by atoms with E-state index >= 15 is 0 Å². The highest BCUT2D eigenvalue weighted by Crippen LogP contribution is 2.19. The summed E-state index contributed by atoms with van der Waals surface area (Å²) < 4.78 is 31.7. The van der Waals surface area contributed by atoms with Crippen molar-refractivity contribution in [3.63, 3.8) is 0 Å². The summed E-state index contributed by atoms with van der Waals surface area (Å²) in [5.74, 6) is 1.10. The highest BCUT2D eigenvalue weighted by molar-refractivity contribution is 8.76. The van der Waals surface area contributed by atoms with Crippen LogP contribution in [-0.2, 0) is 38.0 Å². The minimum Gasteiger partial charge on any atom is -0.447 e. The molecule has 0 heterocycles. The summed E-state index contributed by atoms with van der Waals surface area (Å²) in [5, 5.41) is 49.8. The van der Waals surface area contributed by atoms with E-state index in [0.717, 1.165) is 0 Å². The zero-order valence-corrected chi connectivity index (χ0v) is 28.6. The lowest BCUT2D eigenvalue weighted by molar-refractivity contribution is -0.122. The topological polar surface area (TPSA) is 277 Å². The minimum absolute atomic E-state index is 0.0884. The summed E-state index contributed by atoms with van der Waals surface area (Å²) in [4.78, 5) is 46.9. The Balaban J connectivity index is 3.93. The van der Waals surface area contributed by atoms with Gasteiger partial charge < -0.3 is 59.5 Å². The molecule has 0 aromatic rings. The standard InChI is InChI=1S/C26H52N6O14S2/c33-15-27-19-41-11-21(12-42-20-28-16-34)43-7-1-3-23(37)29-5-9-47-48-10-6-30-24(38)4-2-8-44-22(13-45-25(39)31-17-35)14-46-26(40)32-18-36/h21-22,27-28,33-36H,1-20H2,(H,29,37)(H,30,38)(H,31,39)(H,32,40). The van der Waals surface area contributed by atoms with Crippen LogP contribution >= 0.6 is 21.6 Å². The predicted octanol–water partition coefficient (Wildman–Crippen LogP) is -2.69.